The Morgan fingerprint density at radius 2 is 2.24 bits per heavy atom. The van der Waals surface area contributed by atoms with Gasteiger partial charge in [-0.15, -0.1) is 0 Å². The summed E-state index contributed by atoms with van der Waals surface area (Å²) in [4.78, 5) is 11.5. The minimum absolute atomic E-state index is 0.0123. The van der Waals surface area contributed by atoms with Gasteiger partial charge in [0.1, 0.15) is 4.90 Å². The van der Waals surface area contributed by atoms with Crippen LogP contribution in [0.5, 0.6) is 0 Å². The molecule has 0 aliphatic carbocycles. The largest absolute Gasteiger partial charge is 0.469 e. The number of piperidine rings is 1. The fraction of sp³-hybridized carbons (Fsp3) is 0.667. The van der Waals surface area contributed by atoms with Crippen molar-refractivity contribution in [2.75, 3.05) is 19.4 Å². The summed E-state index contributed by atoms with van der Waals surface area (Å²) in [5, 5.41) is 3.87. The first-order valence-corrected chi connectivity index (χ1v) is 8.18. The van der Waals surface area contributed by atoms with Gasteiger partial charge in [0.05, 0.1) is 13.5 Å². The van der Waals surface area contributed by atoms with Crippen molar-refractivity contribution in [2.24, 2.45) is 7.05 Å². The Hall–Kier alpha value is -1.61. The van der Waals surface area contributed by atoms with Crippen LogP contribution in [0.2, 0.25) is 0 Å². The van der Waals surface area contributed by atoms with Gasteiger partial charge in [-0.2, -0.15) is 9.40 Å². The molecule has 0 saturated carbocycles. The molecule has 1 saturated heterocycles. The highest BCUT2D eigenvalue weighted by molar-refractivity contribution is 7.89. The number of hydrogen-bond acceptors (Lipinski definition) is 6. The lowest BCUT2D eigenvalue weighted by atomic mass is 10.0. The molecule has 8 nitrogen and oxygen atoms in total. The van der Waals surface area contributed by atoms with Gasteiger partial charge in [-0.1, -0.05) is 6.42 Å². The van der Waals surface area contributed by atoms with E-state index in [-0.39, 0.29) is 17.1 Å². The molecule has 1 aliphatic rings. The summed E-state index contributed by atoms with van der Waals surface area (Å²) in [5.41, 5.74) is 5.68. The molecule has 118 valence electrons. The second-order valence-corrected chi connectivity index (χ2v) is 6.96. The van der Waals surface area contributed by atoms with E-state index in [4.69, 9.17) is 5.73 Å². The second kappa shape index (κ2) is 6.02. The quantitative estimate of drug-likeness (QED) is 0.790. The lowest BCUT2D eigenvalue weighted by molar-refractivity contribution is -0.141. The molecule has 9 heteroatoms. The Labute approximate surface area is 123 Å². The van der Waals surface area contributed by atoms with Gasteiger partial charge in [-0.3, -0.25) is 9.48 Å². The summed E-state index contributed by atoms with van der Waals surface area (Å²) in [6.07, 6.45) is 3.71. The van der Waals surface area contributed by atoms with Crippen molar-refractivity contribution in [3.63, 3.8) is 0 Å². The highest BCUT2D eigenvalue weighted by Crippen LogP contribution is 2.29. The van der Waals surface area contributed by atoms with Crippen molar-refractivity contribution in [2.45, 2.75) is 36.6 Å². The molecule has 0 spiro atoms. The number of aryl methyl sites for hydroxylation is 1. The third kappa shape index (κ3) is 3.18. The van der Waals surface area contributed by atoms with Gasteiger partial charge in [0.25, 0.3) is 0 Å². The number of carbonyl (C=O) groups excluding carboxylic acids is 1. The van der Waals surface area contributed by atoms with Crippen LogP contribution in [0.4, 0.5) is 5.82 Å². The fourth-order valence-electron chi connectivity index (χ4n) is 2.58. The minimum Gasteiger partial charge on any atom is -0.469 e. The lowest BCUT2D eigenvalue weighted by Crippen LogP contribution is -2.44. The number of rotatable bonds is 4. The van der Waals surface area contributed by atoms with E-state index in [1.54, 1.807) is 7.05 Å². The van der Waals surface area contributed by atoms with Crippen molar-refractivity contribution in [1.29, 1.82) is 0 Å². The number of carbonyl (C=O) groups is 1. The Bertz CT molecular complexity index is 625. The Morgan fingerprint density at radius 3 is 2.81 bits per heavy atom. The summed E-state index contributed by atoms with van der Waals surface area (Å²) in [6, 6.07) is -0.393. The molecule has 0 radical (unpaired) electrons. The summed E-state index contributed by atoms with van der Waals surface area (Å²) in [5.74, 6) is -0.443. The van der Waals surface area contributed by atoms with E-state index in [2.05, 4.69) is 9.84 Å². The molecular weight excluding hydrogens is 296 g/mol. The second-order valence-electron chi connectivity index (χ2n) is 5.10. The van der Waals surface area contributed by atoms with Crippen LogP contribution in [0.1, 0.15) is 25.7 Å². The third-order valence-electron chi connectivity index (χ3n) is 3.61. The predicted octanol–water partition coefficient (Wildman–Crippen LogP) is 0.109. The zero-order valence-electron chi connectivity index (χ0n) is 12.2. The Balaban J connectivity index is 2.31. The maximum Gasteiger partial charge on any atom is 0.307 e. The molecule has 1 aromatic rings. The summed E-state index contributed by atoms with van der Waals surface area (Å²) in [6.45, 7) is 0.373. The standard InChI is InChI=1S/C12H20N4O4S/c1-15-8-10(12(13)14-15)21(18,19)16-6-4-3-5-9(16)7-11(17)20-2/h8-9H,3-7H2,1-2H3,(H2,13,14). The molecule has 1 aliphatic heterocycles. The molecule has 0 bridgehead atoms. The third-order valence-corrected chi connectivity index (χ3v) is 5.58. The number of nitrogens with two attached hydrogens (primary N) is 1. The number of nitrogens with zero attached hydrogens (tertiary/aromatic N) is 3. The maximum absolute atomic E-state index is 12.7. The molecule has 0 aromatic carbocycles. The number of hydrogen-bond donors (Lipinski definition) is 1. The number of ether oxygens (including phenoxy) is 1. The first-order chi connectivity index (χ1) is 9.86. The number of nitrogen functional groups attached to an aromatic ring is 1. The topological polar surface area (TPSA) is 108 Å². The van der Waals surface area contributed by atoms with Crippen molar-refractivity contribution < 1.29 is 17.9 Å². The Kier molecular flexibility index (Phi) is 4.52. The summed E-state index contributed by atoms with van der Waals surface area (Å²) in [7, 11) is -0.854. The summed E-state index contributed by atoms with van der Waals surface area (Å²) < 4.78 is 32.8. The van der Waals surface area contributed by atoms with E-state index >= 15 is 0 Å². The van der Waals surface area contributed by atoms with Crippen LogP contribution in [-0.2, 0) is 26.6 Å². The van der Waals surface area contributed by atoms with Crippen LogP contribution >= 0.6 is 0 Å². The minimum atomic E-state index is -3.76. The van der Waals surface area contributed by atoms with Gasteiger partial charge in [0.15, 0.2) is 5.82 Å². The van der Waals surface area contributed by atoms with Crippen LogP contribution in [0, 0.1) is 0 Å². The number of aromatic nitrogens is 2. The molecule has 21 heavy (non-hydrogen) atoms. The van der Waals surface area contributed by atoms with Crippen molar-refractivity contribution in [1.82, 2.24) is 14.1 Å². The Morgan fingerprint density at radius 1 is 1.52 bits per heavy atom. The molecule has 1 aromatic heterocycles. The SMILES string of the molecule is COC(=O)CC1CCCCN1S(=O)(=O)c1cn(C)nc1N. The van der Waals surface area contributed by atoms with Gasteiger partial charge in [0.2, 0.25) is 10.0 Å². The van der Waals surface area contributed by atoms with Crippen molar-refractivity contribution in [3.05, 3.63) is 6.20 Å². The number of methoxy groups -OCH3 is 1. The molecule has 2 N–H and O–H groups in total. The van der Waals surface area contributed by atoms with Gasteiger partial charge >= 0.3 is 5.97 Å². The highest BCUT2D eigenvalue weighted by atomic mass is 32.2. The highest BCUT2D eigenvalue weighted by Gasteiger charge is 2.36. The van der Waals surface area contributed by atoms with Crippen LogP contribution in [0.15, 0.2) is 11.1 Å². The van der Waals surface area contributed by atoms with E-state index in [9.17, 15) is 13.2 Å². The molecule has 2 rings (SSSR count). The summed E-state index contributed by atoms with van der Waals surface area (Å²) >= 11 is 0. The van der Waals surface area contributed by atoms with E-state index in [1.165, 1.54) is 22.3 Å². The lowest BCUT2D eigenvalue weighted by Gasteiger charge is -2.33. The van der Waals surface area contributed by atoms with E-state index in [1.807, 2.05) is 0 Å². The van der Waals surface area contributed by atoms with Gasteiger partial charge in [-0.25, -0.2) is 8.42 Å². The zero-order chi connectivity index (χ0) is 15.6. The number of esters is 1. The van der Waals surface area contributed by atoms with Crippen LogP contribution in [0.3, 0.4) is 0 Å². The van der Waals surface area contributed by atoms with E-state index in [0.717, 1.165) is 12.8 Å². The smallest absolute Gasteiger partial charge is 0.307 e. The van der Waals surface area contributed by atoms with Crippen molar-refractivity contribution >= 4 is 21.8 Å². The van der Waals surface area contributed by atoms with Crippen LogP contribution < -0.4 is 5.73 Å². The molecule has 2 heterocycles. The first kappa shape index (κ1) is 15.8. The number of anilines is 1. The normalized spacial score (nSPS) is 20.4. The van der Waals surface area contributed by atoms with E-state index in [0.29, 0.717) is 13.0 Å². The maximum atomic E-state index is 12.7. The van der Waals surface area contributed by atoms with Crippen LogP contribution in [-0.4, -0.2) is 48.2 Å². The van der Waals surface area contributed by atoms with Gasteiger partial charge in [0, 0.05) is 25.8 Å². The zero-order valence-corrected chi connectivity index (χ0v) is 13.0. The van der Waals surface area contributed by atoms with Crippen molar-refractivity contribution in [3.8, 4) is 0 Å². The molecule has 1 atom stereocenters. The molecule has 1 unspecified atom stereocenters. The van der Waals surface area contributed by atoms with E-state index < -0.39 is 22.0 Å². The van der Waals surface area contributed by atoms with Gasteiger partial charge < -0.3 is 10.5 Å². The monoisotopic (exact) mass is 316 g/mol. The fourth-order valence-corrected chi connectivity index (χ4v) is 4.36. The van der Waals surface area contributed by atoms with Crippen LogP contribution in [0.25, 0.3) is 0 Å². The average molecular weight is 316 g/mol. The molecule has 1 fully saturated rings. The average Bonchev–Trinajstić information content (AvgIpc) is 2.78. The molecular formula is C12H20N4O4S. The molecule has 0 amide bonds. The number of sulfonamides is 1. The first-order valence-electron chi connectivity index (χ1n) is 6.74. The van der Waals surface area contributed by atoms with Gasteiger partial charge in [-0.05, 0) is 12.8 Å². The predicted molar refractivity (Wildman–Crippen MR) is 75.8 cm³/mol.